The Labute approximate surface area is 312 Å². The van der Waals surface area contributed by atoms with E-state index < -0.39 is 39.9 Å². The van der Waals surface area contributed by atoms with Gasteiger partial charge in [0, 0.05) is 50.7 Å². The molecule has 0 fully saturated rings. The second kappa shape index (κ2) is 23.0. The summed E-state index contributed by atoms with van der Waals surface area (Å²) in [6, 6.07) is 22.4. The van der Waals surface area contributed by atoms with E-state index in [0.717, 1.165) is 39.4 Å². The summed E-state index contributed by atoms with van der Waals surface area (Å²) in [5.41, 5.74) is 1.67. The Morgan fingerprint density at radius 1 is 0.725 bits per heavy atom. The number of carbonyl (C=O) groups excluding carboxylic acids is 2. The number of nitro groups is 2. The largest absolute Gasteiger partial charge is 0.475 e. The minimum absolute atomic E-state index is 0.0409. The number of ether oxygens (including phenoxy) is 4. The lowest BCUT2D eigenvalue weighted by atomic mass is 10.2. The first kappa shape index (κ1) is 42.6. The van der Waals surface area contributed by atoms with Crippen molar-refractivity contribution in [3.05, 3.63) is 132 Å². The molecule has 17 heteroatoms. The van der Waals surface area contributed by atoms with E-state index in [4.69, 9.17) is 37.4 Å². The highest BCUT2D eigenvalue weighted by molar-refractivity contribution is 7.98. The van der Waals surface area contributed by atoms with Crippen LogP contribution < -0.4 is 9.47 Å². The smallest absolute Gasteiger partial charge is 0.344 e. The lowest BCUT2D eigenvalue weighted by Crippen LogP contribution is -2.15. The van der Waals surface area contributed by atoms with Gasteiger partial charge in [0.2, 0.25) is 5.75 Å². The third-order valence-corrected chi connectivity index (χ3v) is 7.90. The Hall–Kier alpha value is -4.57. The number of benzene rings is 4. The van der Waals surface area contributed by atoms with Crippen LogP contribution in [0.5, 0.6) is 11.5 Å². The predicted octanol–water partition coefficient (Wildman–Crippen LogP) is 8.93. The van der Waals surface area contributed by atoms with Gasteiger partial charge in [-0.25, -0.2) is 14.0 Å². The molecule has 0 aliphatic carbocycles. The van der Waals surface area contributed by atoms with Gasteiger partial charge in [-0.15, -0.1) is 11.8 Å². The molecule has 4 aromatic carbocycles. The molecular formula is C34H33Cl2FN2O10S2. The SMILES string of the molecule is CCOC(=O)COc1cc(F)ccc1[N+](=O)[O-].CCOC(=O)COc1cc(SCc2ccc(Cl)cc2)ccc1[N+](=O)[O-].SCc1ccc(Cl)cc1. The number of halogens is 3. The van der Waals surface area contributed by atoms with Crippen molar-refractivity contribution in [2.75, 3.05) is 26.4 Å². The lowest BCUT2D eigenvalue weighted by molar-refractivity contribution is -0.386. The topological polar surface area (TPSA) is 157 Å². The molecule has 0 saturated heterocycles. The van der Waals surface area contributed by atoms with Crippen molar-refractivity contribution in [3.8, 4) is 11.5 Å². The number of esters is 2. The molecule has 0 amide bonds. The zero-order valence-corrected chi connectivity index (χ0v) is 30.5. The number of hydrogen-bond donors (Lipinski definition) is 1. The van der Waals surface area contributed by atoms with Crippen LogP contribution in [-0.2, 0) is 30.6 Å². The van der Waals surface area contributed by atoms with Gasteiger partial charge in [0.1, 0.15) is 5.82 Å². The van der Waals surface area contributed by atoms with Crippen molar-refractivity contribution in [3.63, 3.8) is 0 Å². The van der Waals surface area contributed by atoms with E-state index in [0.29, 0.717) is 10.8 Å². The van der Waals surface area contributed by atoms with E-state index in [1.807, 2.05) is 36.4 Å². The van der Waals surface area contributed by atoms with E-state index in [1.54, 1.807) is 38.1 Å². The highest BCUT2D eigenvalue weighted by atomic mass is 35.5. The molecule has 4 aromatic rings. The molecule has 12 nitrogen and oxygen atoms in total. The molecule has 0 aliphatic rings. The van der Waals surface area contributed by atoms with Gasteiger partial charge < -0.3 is 18.9 Å². The minimum Gasteiger partial charge on any atom is -0.475 e. The summed E-state index contributed by atoms with van der Waals surface area (Å²) in [4.78, 5) is 43.6. The van der Waals surface area contributed by atoms with Gasteiger partial charge in [0.15, 0.2) is 19.0 Å². The molecule has 0 aliphatic heterocycles. The van der Waals surface area contributed by atoms with Crippen LogP contribution in [0, 0.1) is 26.0 Å². The Bertz CT molecular complexity index is 1750. The molecule has 0 heterocycles. The number of nitrogens with zero attached hydrogens (tertiary/aromatic N) is 2. The minimum atomic E-state index is -0.722. The number of rotatable bonds is 14. The molecule has 0 N–H and O–H groups in total. The summed E-state index contributed by atoms with van der Waals surface area (Å²) in [5.74, 6) is -0.748. The third kappa shape index (κ3) is 16.3. The Morgan fingerprint density at radius 2 is 1.18 bits per heavy atom. The first-order chi connectivity index (χ1) is 24.4. The highest BCUT2D eigenvalue weighted by Crippen LogP contribution is 2.33. The number of carbonyl (C=O) groups is 2. The third-order valence-electron chi connectivity index (χ3n) is 5.96. The maximum absolute atomic E-state index is 12.9. The fourth-order valence-corrected chi connectivity index (χ4v) is 4.96. The maximum Gasteiger partial charge on any atom is 0.344 e. The van der Waals surface area contributed by atoms with Crippen molar-refractivity contribution in [1.29, 1.82) is 0 Å². The zero-order chi connectivity index (χ0) is 37.8. The second-order valence-corrected chi connectivity index (χ2v) is 11.9. The quantitative estimate of drug-likeness (QED) is 0.0428. The molecule has 0 saturated carbocycles. The van der Waals surface area contributed by atoms with Crippen molar-refractivity contribution >= 4 is 70.9 Å². The molecule has 4 rings (SSSR count). The van der Waals surface area contributed by atoms with Gasteiger partial charge in [0.05, 0.1) is 23.1 Å². The van der Waals surface area contributed by atoms with Gasteiger partial charge in [-0.05, 0) is 61.4 Å². The van der Waals surface area contributed by atoms with Gasteiger partial charge in [-0.2, -0.15) is 12.6 Å². The van der Waals surface area contributed by atoms with Gasteiger partial charge in [-0.1, -0.05) is 47.5 Å². The molecule has 272 valence electrons. The Balaban J connectivity index is 0.000000297. The lowest BCUT2D eigenvalue weighted by Gasteiger charge is -2.08. The highest BCUT2D eigenvalue weighted by Gasteiger charge is 2.18. The Morgan fingerprint density at radius 3 is 1.63 bits per heavy atom. The van der Waals surface area contributed by atoms with E-state index in [-0.39, 0.29) is 37.0 Å². The normalized spacial score (nSPS) is 10.0. The second-order valence-electron chi connectivity index (χ2n) is 9.64. The summed E-state index contributed by atoms with van der Waals surface area (Å²) >= 11 is 17.1. The van der Waals surface area contributed by atoms with E-state index in [1.165, 1.54) is 23.4 Å². The number of nitro benzene ring substituents is 2. The van der Waals surface area contributed by atoms with E-state index in [9.17, 15) is 34.2 Å². The van der Waals surface area contributed by atoms with Crippen LogP contribution >= 0.6 is 47.6 Å². The summed E-state index contributed by atoms with van der Waals surface area (Å²) in [6.07, 6.45) is 0. The molecule has 0 atom stereocenters. The van der Waals surface area contributed by atoms with Crippen LogP contribution in [0.1, 0.15) is 25.0 Å². The van der Waals surface area contributed by atoms with Crippen LogP contribution in [0.4, 0.5) is 15.8 Å². The van der Waals surface area contributed by atoms with Crippen molar-refractivity contribution in [2.24, 2.45) is 0 Å². The van der Waals surface area contributed by atoms with Crippen LogP contribution in [-0.4, -0.2) is 48.2 Å². The maximum atomic E-state index is 12.9. The van der Waals surface area contributed by atoms with Gasteiger partial charge in [-0.3, -0.25) is 20.2 Å². The van der Waals surface area contributed by atoms with Crippen molar-refractivity contribution < 1.29 is 42.8 Å². The molecule has 51 heavy (non-hydrogen) atoms. The molecule has 0 bridgehead atoms. The first-order valence-corrected chi connectivity index (χ1v) is 17.3. The summed E-state index contributed by atoms with van der Waals surface area (Å²) in [5, 5.41) is 23.1. The fourth-order valence-electron chi connectivity index (χ4n) is 3.62. The summed E-state index contributed by atoms with van der Waals surface area (Å²) < 4.78 is 32.3. The first-order valence-electron chi connectivity index (χ1n) is 14.9. The molecule has 0 aromatic heterocycles. The van der Waals surface area contributed by atoms with Crippen LogP contribution in [0.25, 0.3) is 0 Å². The average molecular weight is 784 g/mol. The van der Waals surface area contributed by atoms with Gasteiger partial charge in [0.25, 0.3) is 0 Å². The fraction of sp³-hybridized carbons (Fsp3) is 0.235. The Kier molecular flexibility index (Phi) is 19.2. The number of thiol groups is 1. The van der Waals surface area contributed by atoms with E-state index in [2.05, 4.69) is 17.4 Å². The average Bonchev–Trinajstić information content (AvgIpc) is 3.10. The van der Waals surface area contributed by atoms with Crippen LogP contribution in [0.2, 0.25) is 10.0 Å². The predicted molar refractivity (Wildman–Crippen MR) is 196 cm³/mol. The molecule has 0 radical (unpaired) electrons. The van der Waals surface area contributed by atoms with Gasteiger partial charge >= 0.3 is 23.3 Å². The summed E-state index contributed by atoms with van der Waals surface area (Å²) in [6.45, 7) is 2.81. The van der Waals surface area contributed by atoms with E-state index >= 15 is 0 Å². The standard InChI is InChI=1S/C17H16ClNO5S.C10H10FNO5.C7H7ClS/c1-2-23-17(20)10-24-16-9-14(7-8-15(16)19(21)22)25-11-12-3-5-13(18)6-4-12;1-2-16-10(13)6-17-9-5-7(11)3-4-8(9)12(14)15;8-7-3-1-6(5-9)2-4-7/h3-9H,2,10-11H2,1H3;3-5H,2,6H2,1H3;1-4,9H,5H2. The monoisotopic (exact) mass is 782 g/mol. The zero-order valence-electron chi connectivity index (χ0n) is 27.3. The number of thioether (sulfide) groups is 1. The van der Waals surface area contributed by atoms with Crippen molar-refractivity contribution in [2.45, 2.75) is 30.2 Å². The van der Waals surface area contributed by atoms with Crippen LogP contribution in [0.3, 0.4) is 0 Å². The molecule has 0 spiro atoms. The van der Waals surface area contributed by atoms with Crippen LogP contribution in [0.15, 0.2) is 89.8 Å². The number of hydrogen-bond acceptors (Lipinski definition) is 12. The molecular weight excluding hydrogens is 750 g/mol. The molecule has 0 unspecified atom stereocenters. The summed E-state index contributed by atoms with van der Waals surface area (Å²) in [7, 11) is 0. The van der Waals surface area contributed by atoms with Crippen molar-refractivity contribution in [1.82, 2.24) is 0 Å².